The van der Waals surface area contributed by atoms with Gasteiger partial charge in [0.25, 0.3) is 0 Å². The minimum absolute atomic E-state index is 0.860. The summed E-state index contributed by atoms with van der Waals surface area (Å²) in [4.78, 5) is 0. The van der Waals surface area contributed by atoms with E-state index in [0.29, 0.717) is 0 Å². The van der Waals surface area contributed by atoms with Crippen LogP contribution in [0, 0.1) is 0 Å². The van der Waals surface area contributed by atoms with Crippen LogP contribution in [-0.4, -0.2) is 19.7 Å². The first-order valence-corrected chi connectivity index (χ1v) is 5.88. The third-order valence-electron chi connectivity index (χ3n) is 2.81. The zero-order valence-electron chi connectivity index (χ0n) is 9.17. The largest absolute Gasteiger partial charge is 0.493 e. The lowest BCUT2D eigenvalue weighted by Gasteiger charge is -2.08. The Hall–Kier alpha value is -1.02. The van der Waals surface area contributed by atoms with Crippen molar-refractivity contribution in [3.8, 4) is 5.75 Å². The van der Waals surface area contributed by atoms with Gasteiger partial charge in [0.15, 0.2) is 0 Å². The summed E-state index contributed by atoms with van der Waals surface area (Å²) in [5, 5.41) is 3.28. The molecule has 1 aromatic rings. The molecular weight excluding hydrogens is 186 g/mol. The van der Waals surface area contributed by atoms with Crippen LogP contribution in [-0.2, 0) is 6.42 Å². The fourth-order valence-electron chi connectivity index (χ4n) is 1.92. The van der Waals surface area contributed by atoms with Crippen molar-refractivity contribution in [2.75, 3.05) is 19.7 Å². The molecule has 15 heavy (non-hydrogen) atoms. The van der Waals surface area contributed by atoms with Crippen molar-refractivity contribution in [3.63, 3.8) is 0 Å². The second kappa shape index (κ2) is 5.76. The number of hydrogen-bond donors (Lipinski definition) is 1. The van der Waals surface area contributed by atoms with E-state index in [-0.39, 0.29) is 0 Å². The lowest BCUT2D eigenvalue weighted by molar-refractivity contribution is 0.357. The molecule has 0 atom stereocenters. The summed E-state index contributed by atoms with van der Waals surface area (Å²) in [6, 6.07) is 8.18. The molecule has 2 aliphatic rings. The molecule has 0 amide bonds. The van der Waals surface area contributed by atoms with Gasteiger partial charge < -0.3 is 10.1 Å². The Balaban J connectivity index is 0.000000124. The number of nitrogens with one attached hydrogen (secondary N) is 1. The Bertz CT molecular complexity index is 260. The molecule has 82 valence electrons. The van der Waals surface area contributed by atoms with Crippen LogP contribution in [0.2, 0.25) is 0 Å². The zero-order valence-corrected chi connectivity index (χ0v) is 9.17. The highest BCUT2D eigenvalue weighted by molar-refractivity contribution is 5.35. The fraction of sp³-hybridized carbons (Fsp3) is 0.538. The molecule has 0 aliphatic carbocycles. The van der Waals surface area contributed by atoms with E-state index in [2.05, 4.69) is 11.4 Å². The molecule has 1 saturated heterocycles. The lowest BCUT2D eigenvalue weighted by atomic mass is 10.2. The molecule has 2 nitrogen and oxygen atoms in total. The number of ether oxygens (including phenoxy) is 1. The minimum Gasteiger partial charge on any atom is -0.493 e. The second-order valence-corrected chi connectivity index (χ2v) is 4.02. The van der Waals surface area contributed by atoms with Crippen LogP contribution >= 0.6 is 0 Å². The number of fused-ring (bicyclic) bond motifs is 1. The monoisotopic (exact) mass is 205 g/mol. The van der Waals surface area contributed by atoms with Gasteiger partial charge in [-0.3, -0.25) is 0 Å². The molecule has 0 spiro atoms. The third kappa shape index (κ3) is 3.24. The van der Waals surface area contributed by atoms with Gasteiger partial charge in [0.1, 0.15) is 5.75 Å². The van der Waals surface area contributed by atoms with Gasteiger partial charge in [-0.15, -0.1) is 0 Å². The Morgan fingerprint density at radius 3 is 2.40 bits per heavy atom. The van der Waals surface area contributed by atoms with Crippen LogP contribution in [0.3, 0.4) is 0 Å². The number of piperidine rings is 1. The minimum atomic E-state index is 0.860. The predicted octanol–water partition coefficient (Wildman–Crippen LogP) is 2.38. The number of para-hydroxylation sites is 1. The highest BCUT2D eigenvalue weighted by atomic mass is 16.5. The van der Waals surface area contributed by atoms with E-state index in [1.165, 1.54) is 37.9 Å². The Morgan fingerprint density at radius 1 is 1.00 bits per heavy atom. The van der Waals surface area contributed by atoms with Gasteiger partial charge in [0, 0.05) is 6.42 Å². The van der Waals surface area contributed by atoms with E-state index >= 15 is 0 Å². The summed E-state index contributed by atoms with van der Waals surface area (Å²) in [5.41, 5.74) is 1.34. The van der Waals surface area contributed by atoms with Crippen molar-refractivity contribution in [1.29, 1.82) is 0 Å². The molecule has 2 heterocycles. The Kier molecular flexibility index (Phi) is 4.03. The molecular formula is C13H19NO. The summed E-state index contributed by atoms with van der Waals surface area (Å²) >= 11 is 0. The molecule has 0 saturated carbocycles. The Morgan fingerprint density at radius 2 is 1.80 bits per heavy atom. The maximum atomic E-state index is 5.30. The van der Waals surface area contributed by atoms with Gasteiger partial charge >= 0.3 is 0 Å². The molecule has 0 aromatic heterocycles. The van der Waals surface area contributed by atoms with Gasteiger partial charge in [0.2, 0.25) is 0 Å². The van der Waals surface area contributed by atoms with Gasteiger partial charge in [-0.2, -0.15) is 0 Å². The topological polar surface area (TPSA) is 21.3 Å². The first kappa shape index (κ1) is 10.5. The van der Waals surface area contributed by atoms with E-state index in [9.17, 15) is 0 Å². The van der Waals surface area contributed by atoms with E-state index < -0.39 is 0 Å². The van der Waals surface area contributed by atoms with Gasteiger partial charge in [-0.05, 0) is 37.6 Å². The zero-order chi connectivity index (χ0) is 10.3. The second-order valence-electron chi connectivity index (χ2n) is 4.02. The van der Waals surface area contributed by atoms with E-state index in [4.69, 9.17) is 4.74 Å². The summed E-state index contributed by atoms with van der Waals surface area (Å²) in [5.74, 6) is 1.07. The molecule has 0 bridgehead atoms. The highest BCUT2D eigenvalue weighted by Gasteiger charge is 2.08. The lowest BCUT2D eigenvalue weighted by Crippen LogP contribution is -2.21. The average Bonchev–Trinajstić information content (AvgIpc) is 2.80. The molecule has 0 radical (unpaired) electrons. The van der Waals surface area contributed by atoms with Crippen molar-refractivity contribution in [2.45, 2.75) is 25.7 Å². The molecule has 3 rings (SSSR count). The van der Waals surface area contributed by atoms with Crippen LogP contribution in [0.1, 0.15) is 24.8 Å². The molecule has 1 aromatic carbocycles. The maximum Gasteiger partial charge on any atom is 0.122 e. The van der Waals surface area contributed by atoms with Crippen LogP contribution < -0.4 is 10.1 Å². The van der Waals surface area contributed by atoms with Crippen molar-refractivity contribution in [1.82, 2.24) is 5.32 Å². The van der Waals surface area contributed by atoms with Gasteiger partial charge in [-0.1, -0.05) is 24.6 Å². The van der Waals surface area contributed by atoms with Crippen molar-refractivity contribution in [2.24, 2.45) is 0 Å². The quantitative estimate of drug-likeness (QED) is 0.702. The highest BCUT2D eigenvalue weighted by Crippen LogP contribution is 2.23. The third-order valence-corrected chi connectivity index (χ3v) is 2.81. The number of benzene rings is 1. The van der Waals surface area contributed by atoms with E-state index in [1.54, 1.807) is 0 Å². The standard InChI is InChI=1S/C8H8O.C5H11N/c1-2-4-8-7(3-1)5-6-9-8;1-2-4-6-5-3-1/h1-4H,5-6H2;6H,1-5H2. The van der Waals surface area contributed by atoms with E-state index in [0.717, 1.165) is 18.8 Å². The fourth-order valence-corrected chi connectivity index (χ4v) is 1.92. The first-order chi connectivity index (χ1) is 7.47. The predicted molar refractivity (Wildman–Crippen MR) is 62.4 cm³/mol. The Labute approximate surface area is 91.6 Å². The number of rotatable bonds is 0. The first-order valence-electron chi connectivity index (χ1n) is 5.88. The summed E-state index contributed by atoms with van der Waals surface area (Å²) < 4.78 is 5.30. The van der Waals surface area contributed by atoms with Crippen LogP contribution in [0.5, 0.6) is 5.75 Å². The smallest absolute Gasteiger partial charge is 0.122 e. The van der Waals surface area contributed by atoms with Crippen LogP contribution in [0.15, 0.2) is 24.3 Å². The summed E-state index contributed by atoms with van der Waals surface area (Å²) in [6.45, 7) is 3.36. The molecule has 1 N–H and O–H groups in total. The van der Waals surface area contributed by atoms with Gasteiger partial charge in [-0.25, -0.2) is 0 Å². The summed E-state index contributed by atoms with van der Waals surface area (Å²) in [7, 11) is 0. The normalized spacial score (nSPS) is 18.4. The molecule has 0 unspecified atom stereocenters. The molecule has 2 aliphatic heterocycles. The maximum absolute atomic E-state index is 5.30. The van der Waals surface area contributed by atoms with Crippen LogP contribution in [0.4, 0.5) is 0 Å². The average molecular weight is 205 g/mol. The van der Waals surface area contributed by atoms with Gasteiger partial charge in [0.05, 0.1) is 6.61 Å². The van der Waals surface area contributed by atoms with Crippen molar-refractivity contribution >= 4 is 0 Å². The molecule has 1 fully saturated rings. The molecule has 2 heteroatoms. The van der Waals surface area contributed by atoms with Crippen LogP contribution in [0.25, 0.3) is 0 Å². The number of hydrogen-bond acceptors (Lipinski definition) is 2. The summed E-state index contributed by atoms with van der Waals surface area (Å²) in [6.07, 6.45) is 5.29. The van der Waals surface area contributed by atoms with Crippen molar-refractivity contribution < 1.29 is 4.74 Å². The SMILES string of the molecule is C1CCNCC1.c1ccc2c(c1)CCO2. The van der Waals surface area contributed by atoms with E-state index in [1.807, 2.05) is 18.2 Å². The van der Waals surface area contributed by atoms with Crippen molar-refractivity contribution in [3.05, 3.63) is 29.8 Å².